The van der Waals surface area contributed by atoms with Gasteiger partial charge in [0.25, 0.3) is 5.91 Å². The molecule has 0 saturated heterocycles. The second-order valence-corrected chi connectivity index (χ2v) is 3.07. The van der Waals surface area contributed by atoms with Crippen molar-refractivity contribution >= 4 is 11.6 Å². The molecule has 16 heavy (non-hydrogen) atoms. The normalized spacial score (nSPS) is 8.88. The van der Waals surface area contributed by atoms with E-state index in [1.807, 2.05) is 0 Å². The van der Waals surface area contributed by atoms with Gasteiger partial charge in [0, 0.05) is 5.69 Å². The minimum atomic E-state index is -0.244. The number of nitrogens with one attached hydrogen (secondary N) is 1. The molecule has 0 aromatic heterocycles. The maximum Gasteiger partial charge on any atom is 0.255 e. The van der Waals surface area contributed by atoms with Crippen LogP contribution in [-0.4, -0.2) is 19.6 Å². The fraction of sp³-hybridized carbons (Fsp3) is 0.250. The van der Waals surface area contributed by atoms with Crippen molar-refractivity contribution in [2.75, 3.05) is 19.4 Å². The van der Waals surface area contributed by atoms with Crippen LogP contribution in [0.3, 0.4) is 0 Å². The second-order valence-electron chi connectivity index (χ2n) is 3.07. The number of nitrogen functional groups attached to an aromatic ring is 1. The SMILES string of the molecule is CC#CCNC(=O)c1cc(N)ccc1OC. The van der Waals surface area contributed by atoms with Gasteiger partial charge in [0.1, 0.15) is 5.75 Å². The molecule has 0 spiro atoms. The molecule has 0 atom stereocenters. The number of amides is 1. The van der Waals surface area contributed by atoms with E-state index in [1.165, 1.54) is 7.11 Å². The molecule has 1 aromatic rings. The van der Waals surface area contributed by atoms with Crippen molar-refractivity contribution < 1.29 is 9.53 Å². The van der Waals surface area contributed by atoms with Gasteiger partial charge in [-0.15, -0.1) is 5.92 Å². The van der Waals surface area contributed by atoms with Gasteiger partial charge < -0.3 is 15.8 Å². The van der Waals surface area contributed by atoms with E-state index >= 15 is 0 Å². The van der Waals surface area contributed by atoms with Gasteiger partial charge in [-0.25, -0.2) is 0 Å². The Morgan fingerprint density at radius 2 is 2.31 bits per heavy atom. The summed E-state index contributed by atoms with van der Waals surface area (Å²) in [6, 6.07) is 4.92. The summed E-state index contributed by atoms with van der Waals surface area (Å²) < 4.78 is 5.08. The summed E-state index contributed by atoms with van der Waals surface area (Å²) in [6.07, 6.45) is 0. The number of hydrogen-bond donors (Lipinski definition) is 2. The molecule has 0 bridgehead atoms. The molecule has 4 heteroatoms. The van der Waals surface area contributed by atoms with Crippen molar-refractivity contribution in [2.45, 2.75) is 6.92 Å². The quantitative estimate of drug-likeness (QED) is 0.588. The summed E-state index contributed by atoms with van der Waals surface area (Å²) in [5, 5.41) is 2.65. The van der Waals surface area contributed by atoms with Crippen LogP contribution in [0.25, 0.3) is 0 Å². The average molecular weight is 218 g/mol. The van der Waals surface area contributed by atoms with Gasteiger partial charge in [-0.3, -0.25) is 4.79 Å². The van der Waals surface area contributed by atoms with Crippen LogP contribution in [0.4, 0.5) is 5.69 Å². The minimum Gasteiger partial charge on any atom is -0.496 e. The molecule has 0 radical (unpaired) electrons. The van der Waals surface area contributed by atoms with Crippen LogP contribution in [0.1, 0.15) is 17.3 Å². The van der Waals surface area contributed by atoms with E-state index in [-0.39, 0.29) is 5.91 Å². The van der Waals surface area contributed by atoms with E-state index in [4.69, 9.17) is 10.5 Å². The number of ether oxygens (including phenoxy) is 1. The van der Waals surface area contributed by atoms with Gasteiger partial charge in [0.15, 0.2) is 0 Å². The number of anilines is 1. The lowest BCUT2D eigenvalue weighted by Crippen LogP contribution is -2.24. The summed E-state index contributed by atoms with van der Waals surface area (Å²) in [6.45, 7) is 2.03. The highest BCUT2D eigenvalue weighted by Crippen LogP contribution is 2.20. The predicted molar refractivity (Wildman–Crippen MR) is 63.2 cm³/mol. The average Bonchev–Trinajstić information content (AvgIpc) is 2.29. The van der Waals surface area contributed by atoms with Gasteiger partial charge in [0.05, 0.1) is 19.2 Å². The van der Waals surface area contributed by atoms with Gasteiger partial charge in [-0.05, 0) is 25.1 Å². The van der Waals surface area contributed by atoms with E-state index in [1.54, 1.807) is 25.1 Å². The van der Waals surface area contributed by atoms with E-state index in [2.05, 4.69) is 17.2 Å². The number of rotatable bonds is 3. The van der Waals surface area contributed by atoms with Crippen molar-refractivity contribution in [3.63, 3.8) is 0 Å². The Hall–Kier alpha value is -2.15. The molecule has 0 unspecified atom stereocenters. The predicted octanol–water partition coefficient (Wildman–Crippen LogP) is 1.03. The molecule has 3 N–H and O–H groups in total. The maximum absolute atomic E-state index is 11.7. The standard InChI is InChI=1S/C12H14N2O2/c1-3-4-7-14-12(15)10-8-9(13)5-6-11(10)16-2/h5-6,8H,7,13H2,1-2H3,(H,14,15). The second kappa shape index (κ2) is 5.66. The number of benzene rings is 1. The molecule has 0 aliphatic carbocycles. The fourth-order valence-corrected chi connectivity index (χ4v) is 1.21. The van der Waals surface area contributed by atoms with Gasteiger partial charge >= 0.3 is 0 Å². The lowest BCUT2D eigenvalue weighted by Gasteiger charge is -2.08. The molecule has 4 nitrogen and oxygen atoms in total. The molecule has 1 rings (SSSR count). The molecular weight excluding hydrogens is 204 g/mol. The topological polar surface area (TPSA) is 64.4 Å². The Balaban J connectivity index is 2.87. The lowest BCUT2D eigenvalue weighted by atomic mass is 10.1. The highest BCUT2D eigenvalue weighted by atomic mass is 16.5. The van der Waals surface area contributed by atoms with Crippen molar-refractivity contribution in [2.24, 2.45) is 0 Å². The largest absolute Gasteiger partial charge is 0.496 e. The van der Waals surface area contributed by atoms with Crippen molar-refractivity contribution in [3.8, 4) is 17.6 Å². The molecule has 0 aliphatic rings. The zero-order chi connectivity index (χ0) is 12.0. The Labute approximate surface area is 94.8 Å². The van der Waals surface area contributed by atoms with Crippen molar-refractivity contribution in [3.05, 3.63) is 23.8 Å². The Morgan fingerprint density at radius 3 is 2.94 bits per heavy atom. The van der Waals surface area contributed by atoms with Crippen molar-refractivity contribution in [1.29, 1.82) is 0 Å². The van der Waals surface area contributed by atoms with Crippen LogP contribution in [0.15, 0.2) is 18.2 Å². The van der Waals surface area contributed by atoms with Gasteiger partial charge in [0.2, 0.25) is 0 Å². The summed E-state index contributed by atoms with van der Waals surface area (Å²) in [7, 11) is 1.51. The third-order valence-electron chi connectivity index (χ3n) is 1.98. The molecule has 0 heterocycles. The van der Waals surface area contributed by atoms with E-state index in [0.29, 0.717) is 23.5 Å². The number of hydrogen-bond acceptors (Lipinski definition) is 3. The first-order valence-corrected chi connectivity index (χ1v) is 4.80. The van der Waals surface area contributed by atoms with Crippen LogP contribution in [0.2, 0.25) is 0 Å². The first-order valence-electron chi connectivity index (χ1n) is 4.80. The zero-order valence-corrected chi connectivity index (χ0v) is 9.33. The molecule has 1 amide bonds. The molecule has 1 aromatic carbocycles. The lowest BCUT2D eigenvalue weighted by molar-refractivity contribution is 0.0955. The zero-order valence-electron chi connectivity index (χ0n) is 9.33. The summed E-state index contributed by atoms with van der Waals surface area (Å²) in [5.74, 6) is 5.69. The van der Waals surface area contributed by atoms with Gasteiger partial charge in [-0.2, -0.15) is 0 Å². The monoisotopic (exact) mass is 218 g/mol. The smallest absolute Gasteiger partial charge is 0.255 e. The van der Waals surface area contributed by atoms with Crippen LogP contribution < -0.4 is 15.8 Å². The molecule has 0 saturated carbocycles. The number of methoxy groups -OCH3 is 1. The van der Waals surface area contributed by atoms with E-state index in [9.17, 15) is 4.79 Å². The van der Waals surface area contributed by atoms with Crippen LogP contribution in [-0.2, 0) is 0 Å². The summed E-state index contributed by atoms with van der Waals surface area (Å²) in [5.41, 5.74) is 6.55. The Morgan fingerprint density at radius 1 is 1.56 bits per heavy atom. The maximum atomic E-state index is 11.7. The van der Waals surface area contributed by atoms with E-state index < -0.39 is 0 Å². The van der Waals surface area contributed by atoms with Gasteiger partial charge in [-0.1, -0.05) is 5.92 Å². The first kappa shape index (κ1) is 11.9. The molecular formula is C12H14N2O2. The van der Waals surface area contributed by atoms with Crippen LogP contribution in [0, 0.1) is 11.8 Å². The molecule has 0 aliphatic heterocycles. The molecule has 0 fully saturated rings. The summed E-state index contributed by atoms with van der Waals surface area (Å²) in [4.78, 5) is 11.7. The van der Waals surface area contributed by atoms with Crippen LogP contribution in [0.5, 0.6) is 5.75 Å². The highest BCUT2D eigenvalue weighted by molar-refractivity contribution is 5.97. The van der Waals surface area contributed by atoms with Crippen LogP contribution >= 0.6 is 0 Å². The first-order chi connectivity index (χ1) is 7.69. The van der Waals surface area contributed by atoms with E-state index in [0.717, 1.165) is 0 Å². The summed E-state index contributed by atoms with van der Waals surface area (Å²) >= 11 is 0. The Kier molecular flexibility index (Phi) is 4.22. The highest BCUT2D eigenvalue weighted by Gasteiger charge is 2.11. The third-order valence-corrected chi connectivity index (χ3v) is 1.98. The fourth-order valence-electron chi connectivity index (χ4n) is 1.21. The third kappa shape index (κ3) is 2.92. The minimum absolute atomic E-state index is 0.244. The molecule has 84 valence electrons. The number of carbonyl (C=O) groups is 1. The van der Waals surface area contributed by atoms with Crippen molar-refractivity contribution in [1.82, 2.24) is 5.32 Å². The Bertz CT molecular complexity index is 444. The number of nitrogens with two attached hydrogens (primary N) is 1. The number of carbonyl (C=O) groups excluding carboxylic acids is 1.